The third-order valence-electron chi connectivity index (χ3n) is 3.27. The summed E-state index contributed by atoms with van der Waals surface area (Å²) in [6, 6.07) is 5.54. The monoisotopic (exact) mass is 259 g/mol. The van der Waals surface area contributed by atoms with E-state index in [1.165, 1.54) is 19.3 Å². The van der Waals surface area contributed by atoms with E-state index in [0.29, 0.717) is 11.3 Å². The van der Waals surface area contributed by atoms with Crippen LogP contribution in [-0.4, -0.2) is 17.4 Å². The Morgan fingerprint density at radius 3 is 2.95 bits per heavy atom. The highest BCUT2D eigenvalue weighted by molar-refractivity contribution is 6.07. The van der Waals surface area contributed by atoms with Crippen LogP contribution in [0, 0.1) is 0 Å². The van der Waals surface area contributed by atoms with Crippen LogP contribution in [0.1, 0.15) is 43.0 Å². The van der Waals surface area contributed by atoms with E-state index in [-0.39, 0.29) is 5.91 Å². The number of hydrogen-bond acceptors (Lipinski definition) is 2. The van der Waals surface area contributed by atoms with Crippen molar-refractivity contribution in [2.24, 2.45) is 0 Å². The van der Waals surface area contributed by atoms with E-state index >= 15 is 0 Å². The van der Waals surface area contributed by atoms with Crippen molar-refractivity contribution in [2.45, 2.75) is 32.6 Å². The summed E-state index contributed by atoms with van der Waals surface area (Å²) in [5.74, 6) is -0.0208. The number of carbonyl (C=O) groups is 1. The molecule has 0 atom stereocenters. The van der Waals surface area contributed by atoms with E-state index < -0.39 is 0 Å². The number of aromatic nitrogens is 1. The minimum Gasteiger partial charge on any atom is -0.399 e. The van der Waals surface area contributed by atoms with Crippen LogP contribution in [-0.2, 0) is 0 Å². The molecule has 0 saturated heterocycles. The maximum Gasteiger partial charge on any atom is 0.253 e. The Hall–Kier alpha value is -1.97. The number of amides is 1. The lowest BCUT2D eigenvalue weighted by Crippen LogP contribution is -2.24. The molecule has 0 aliphatic carbocycles. The number of nitrogen functional groups attached to an aromatic ring is 1. The van der Waals surface area contributed by atoms with E-state index in [9.17, 15) is 4.79 Å². The Morgan fingerprint density at radius 2 is 2.16 bits per heavy atom. The van der Waals surface area contributed by atoms with Crippen LogP contribution in [0.15, 0.2) is 24.4 Å². The predicted molar refractivity (Wildman–Crippen MR) is 79.2 cm³/mol. The number of nitrogens with one attached hydrogen (secondary N) is 2. The van der Waals surface area contributed by atoms with Crippen LogP contribution in [0.4, 0.5) is 5.69 Å². The van der Waals surface area contributed by atoms with E-state index in [4.69, 9.17) is 5.73 Å². The Morgan fingerprint density at radius 1 is 1.32 bits per heavy atom. The first-order valence-electron chi connectivity index (χ1n) is 6.87. The van der Waals surface area contributed by atoms with Gasteiger partial charge in [-0.25, -0.2) is 0 Å². The smallest absolute Gasteiger partial charge is 0.253 e. The molecule has 0 radical (unpaired) electrons. The van der Waals surface area contributed by atoms with Crippen molar-refractivity contribution >= 4 is 22.5 Å². The highest BCUT2D eigenvalue weighted by Crippen LogP contribution is 2.20. The Kier molecular flexibility index (Phi) is 4.44. The Balaban J connectivity index is 1.97. The Labute approximate surface area is 113 Å². The van der Waals surface area contributed by atoms with Gasteiger partial charge < -0.3 is 16.0 Å². The summed E-state index contributed by atoms with van der Waals surface area (Å²) < 4.78 is 0. The lowest BCUT2D eigenvalue weighted by atomic mass is 10.1. The van der Waals surface area contributed by atoms with Gasteiger partial charge >= 0.3 is 0 Å². The zero-order valence-corrected chi connectivity index (χ0v) is 11.3. The fraction of sp³-hybridized carbons (Fsp3) is 0.400. The summed E-state index contributed by atoms with van der Waals surface area (Å²) in [4.78, 5) is 15.2. The molecule has 102 valence electrons. The fourth-order valence-corrected chi connectivity index (χ4v) is 2.18. The summed E-state index contributed by atoms with van der Waals surface area (Å²) in [5, 5.41) is 3.88. The third-order valence-corrected chi connectivity index (χ3v) is 3.27. The molecule has 0 aliphatic heterocycles. The van der Waals surface area contributed by atoms with Gasteiger partial charge in [-0.15, -0.1) is 0 Å². The van der Waals surface area contributed by atoms with Gasteiger partial charge in [0.05, 0.1) is 5.56 Å². The molecular formula is C15H21N3O. The van der Waals surface area contributed by atoms with Crippen molar-refractivity contribution in [3.63, 3.8) is 0 Å². The number of benzene rings is 1. The molecule has 0 bridgehead atoms. The molecule has 4 heteroatoms. The van der Waals surface area contributed by atoms with Crippen LogP contribution in [0.2, 0.25) is 0 Å². The molecule has 2 rings (SSSR count). The van der Waals surface area contributed by atoms with Crippen LogP contribution in [0.25, 0.3) is 10.9 Å². The second-order valence-corrected chi connectivity index (χ2v) is 4.82. The normalized spacial score (nSPS) is 10.8. The van der Waals surface area contributed by atoms with Gasteiger partial charge in [0.25, 0.3) is 5.91 Å². The molecule has 0 unspecified atom stereocenters. The molecule has 1 aromatic heterocycles. The molecule has 4 nitrogen and oxygen atoms in total. The standard InChI is InChI=1S/C15H21N3O/c1-2-3-4-5-8-17-15(19)13-10-18-14-9-11(16)6-7-12(13)14/h6-7,9-10,18H,2-5,8,16H2,1H3,(H,17,19). The van der Waals surface area contributed by atoms with Gasteiger partial charge in [0.1, 0.15) is 0 Å². The predicted octanol–water partition coefficient (Wildman–Crippen LogP) is 3.06. The van der Waals surface area contributed by atoms with Gasteiger partial charge in [0.15, 0.2) is 0 Å². The number of fused-ring (bicyclic) bond motifs is 1. The molecule has 4 N–H and O–H groups in total. The van der Waals surface area contributed by atoms with Crippen molar-refractivity contribution < 1.29 is 4.79 Å². The average Bonchev–Trinajstić information content (AvgIpc) is 2.81. The fourth-order valence-electron chi connectivity index (χ4n) is 2.18. The molecule has 0 saturated carbocycles. The number of rotatable bonds is 6. The molecule has 0 fully saturated rings. The molecular weight excluding hydrogens is 238 g/mol. The largest absolute Gasteiger partial charge is 0.399 e. The highest BCUT2D eigenvalue weighted by atomic mass is 16.1. The average molecular weight is 259 g/mol. The lowest BCUT2D eigenvalue weighted by molar-refractivity contribution is 0.0954. The van der Waals surface area contributed by atoms with Crippen LogP contribution in [0.5, 0.6) is 0 Å². The first-order valence-corrected chi connectivity index (χ1v) is 6.87. The summed E-state index contributed by atoms with van der Waals surface area (Å²) in [5.41, 5.74) is 8.00. The second-order valence-electron chi connectivity index (χ2n) is 4.82. The van der Waals surface area contributed by atoms with Gasteiger partial charge in [-0.05, 0) is 24.6 Å². The van der Waals surface area contributed by atoms with Crippen molar-refractivity contribution in [1.82, 2.24) is 10.3 Å². The molecule has 1 aromatic carbocycles. The molecule has 1 amide bonds. The topological polar surface area (TPSA) is 70.9 Å². The molecule has 0 spiro atoms. The first-order chi connectivity index (χ1) is 9.22. The summed E-state index contributed by atoms with van der Waals surface area (Å²) in [7, 11) is 0. The minimum absolute atomic E-state index is 0.0208. The van der Waals surface area contributed by atoms with Crippen LogP contribution < -0.4 is 11.1 Å². The summed E-state index contributed by atoms with van der Waals surface area (Å²) >= 11 is 0. The van der Waals surface area contributed by atoms with Crippen molar-refractivity contribution in [2.75, 3.05) is 12.3 Å². The highest BCUT2D eigenvalue weighted by Gasteiger charge is 2.11. The number of H-pyrrole nitrogens is 1. The van der Waals surface area contributed by atoms with Gasteiger partial charge in [0.2, 0.25) is 0 Å². The van der Waals surface area contributed by atoms with E-state index in [1.54, 1.807) is 6.20 Å². The SMILES string of the molecule is CCCCCCNC(=O)c1c[nH]c2cc(N)ccc12. The van der Waals surface area contributed by atoms with Gasteiger partial charge in [-0.2, -0.15) is 0 Å². The molecule has 2 aromatic rings. The second kappa shape index (κ2) is 6.27. The number of anilines is 1. The Bertz CT molecular complexity index is 560. The van der Waals surface area contributed by atoms with Crippen molar-refractivity contribution in [1.29, 1.82) is 0 Å². The zero-order chi connectivity index (χ0) is 13.7. The number of hydrogen-bond donors (Lipinski definition) is 3. The van der Waals surface area contributed by atoms with E-state index in [1.807, 2.05) is 18.2 Å². The zero-order valence-electron chi connectivity index (χ0n) is 11.3. The maximum absolute atomic E-state index is 12.1. The van der Waals surface area contributed by atoms with E-state index in [2.05, 4.69) is 17.2 Å². The first kappa shape index (κ1) is 13.5. The molecule has 19 heavy (non-hydrogen) atoms. The lowest BCUT2D eigenvalue weighted by Gasteiger charge is -2.04. The summed E-state index contributed by atoms with van der Waals surface area (Å²) in [6.45, 7) is 2.91. The summed E-state index contributed by atoms with van der Waals surface area (Å²) in [6.07, 6.45) is 6.38. The van der Waals surface area contributed by atoms with Crippen molar-refractivity contribution in [3.05, 3.63) is 30.0 Å². The minimum atomic E-state index is -0.0208. The molecule has 0 aliphatic rings. The molecule has 1 heterocycles. The van der Waals surface area contributed by atoms with Gasteiger partial charge in [-0.1, -0.05) is 26.2 Å². The number of unbranched alkanes of at least 4 members (excludes halogenated alkanes) is 3. The van der Waals surface area contributed by atoms with Gasteiger partial charge in [-0.3, -0.25) is 4.79 Å². The quantitative estimate of drug-likeness (QED) is 0.551. The van der Waals surface area contributed by atoms with E-state index in [0.717, 1.165) is 23.9 Å². The van der Waals surface area contributed by atoms with Crippen LogP contribution in [0.3, 0.4) is 0 Å². The number of nitrogens with two attached hydrogens (primary N) is 1. The maximum atomic E-state index is 12.1. The van der Waals surface area contributed by atoms with Gasteiger partial charge in [0, 0.05) is 29.3 Å². The van der Waals surface area contributed by atoms with Crippen LogP contribution >= 0.6 is 0 Å². The number of carbonyl (C=O) groups excluding carboxylic acids is 1. The third kappa shape index (κ3) is 3.28. The van der Waals surface area contributed by atoms with Crippen molar-refractivity contribution in [3.8, 4) is 0 Å². The number of aromatic amines is 1.